The number of nitrogens with zero attached hydrogens (tertiary/aromatic N) is 2. The summed E-state index contributed by atoms with van der Waals surface area (Å²) in [5.74, 6) is -3.12. The highest BCUT2D eigenvalue weighted by atomic mass is 19.3. The summed E-state index contributed by atoms with van der Waals surface area (Å²) in [6, 6.07) is 5.54. The average Bonchev–Trinajstić information content (AvgIpc) is 3.05. The normalized spacial score (nSPS) is 23.9. The van der Waals surface area contributed by atoms with E-state index in [1.807, 2.05) is 17.0 Å². The highest BCUT2D eigenvalue weighted by molar-refractivity contribution is 5.89. The van der Waals surface area contributed by atoms with Crippen LogP contribution in [0.1, 0.15) is 21.6 Å². The topological polar surface area (TPSA) is 58.2 Å². The third kappa shape index (κ3) is 2.44. The van der Waals surface area contributed by atoms with Gasteiger partial charge in [-0.3, -0.25) is 0 Å². The SMILES string of the molecule is COC(=O)c1c[nH]c(Cc2ccc(N3CC4C(C3)C4(F)F)nc2)c1. The number of anilines is 1. The smallest absolute Gasteiger partial charge is 0.339 e. The van der Waals surface area contributed by atoms with E-state index in [1.165, 1.54) is 7.11 Å². The summed E-state index contributed by atoms with van der Waals surface area (Å²) in [5, 5.41) is 0. The quantitative estimate of drug-likeness (QED) is 0.874. The van der Waals surface area contributed by atoms with E-state index in [4.69, 9.17) is 0 Å². The van der Waals surface area contributed by atoms with Crippen molar-refractivity contribution in [3.63, 3.8) is 0 Å². The third-order valence-electron chi connectivity index (χ3n) is 4.89. The van der Waals surface area contributed by atoms with Crippen molar-refractivity contribution in [3.8, 4) is 0 Å². The molecule has 0 amide bonds. The predicted molar refractivity (Wildman–Crippen MR) is 83.3 cm³/mol. The molecule has 0 radical (unpaired) electrons. The van der Waals surface area contributed by atoms with Gasteiger partial charge in [0, 0.05) is 37.6 Å². The van der Waals surface area contributed by atoms with Crippen LogP contribution in [0.2, 0.25) is 0 Å². The Morgan fingerprint density at radius 2 is 2.17 bits per heavy atom. The number of H-pyrrole nitrogens is 1. The molecule has 2 fully saturated rings. The maximum Gasteiger partial charge on any atom is 0.339 e. The number of aromatic amines is 1. The van der Waals surface area contributed by atoms with Crippen molar-refractivity contribution in [3.05, 3.63) is 47.4 Å². The Bertz CT molecular complexity index is 758. The number of esters is 1. The zero-order valence-electron chi connectivity index (χ0n) is 13.1. The first-order valence-electron chi connectivity index (χ1n) is 7.82. The molecule has 1 saturated carbocycles. The van der Waals surface area contributed by atoms with E-state index in [2.05, 4.69) is 14.7 Å². The second-order valence-corrected chi connectivity index (χ2v) is 6.40. The minimum Gasteiger partial charge on any atom is -0.465 e. The van der Waals surface area contributed by atoms with E-state index in [0.29, 0.717) is 25.1 Å². The van der Waals surface area contributed by atoms with Crippen LogP contribution in [-0.4, -0.2) is 42.1 Å². The summed E-state index contributed by atoms with van der Waals surface area (Å²) in [4.78, 5) is 20.8. The number of hydrogen-bond donors (Lipinski definition) is 1. The van der Waals surface area contributed by atoms with E-state index in [0.717, 1.165) is 17.1 Å². The van der Waals surface area contributed by atoms with Gasteiger partial charge < -0.3 is 14.6 Å². The monoisotopic (exact) mass is 333 g/mol. The summed E-state index contributed by atoms with van der Waals surface area (Å²) < 4.78 is 31.1. The van der Waals surface area contributed by atoms with Crippen LogP contribution in [-0.2, 0) is 11.2 Å². The first-order valence-corrected chi connectivity index (χ1v) is 7.82. The van der Waals surface area contributed by atoms with Gasteiger partial charge in [0.1, 0.15) is 5.82 Å². The zero-order valence-corrected chi connectivity index (χ0v) is 13.1. The molecular formula is C17H17F2N3O2. The molecule has 1 saturated heterocycles. The predicted octanol–water partition coefficient (Wildman–Crippen LogP) is 2.49. The number of carbonyl (C=O) groups excluding carboxylic acids is 1. The van der Waals surface area contributed by atoms with Gasteiger partial charge in [-0.1, -0.05) is 6.07 Å². The first-order chi connectivity index (χ1) is 11.5. The standard InChI is InChI=1S/C17H17F2N3O2/c1-24-16(23)11-5-12(20-7-11)4-10-2-3-15(21-6-10)22-8-13-14(9-22)17(13,18)19/h2-3,5-7,13-14,20H,4,8-9H2,1H3. The van der Waals surface area contributed by atoms with Crippen molar-refractivity contribution in [2.45, 2.75) is 12.3 Å². The van der Waals surface area contributed by atoms with E-state index >= 15 is 0 Å². The van der Waals surface area contributed by atoms with Crippen molar-refractivity contribution in [2.24, 2.45) is 11.8 Å². The van der Waals surface area contributed by atoms with E-state index in [1.54, 1.807) is 18.5 Å². The molecule has 1 aliphatic heterocycles. The number of alkyl halides is 2. The van der Waals surface area contributed by atoms with Crippen molar-refractivity contribution >= 4 is 11.8 Å². The van der Waals surface area contributed by atoms with Crippen molar-refractivity contribution < 1.29 is 18.3 Å². The van der Waals surface area contributed by atoms with Gasteiger partial charge in [0.2, 0.25) is 0 Å². The lowest BCUT2D eigenvalue weighted by atomic mass is 10.1. The number of piperidine rings is 1. The van der Waals surface area contributed by atoms with Gasteiger partial charge in [-0.15, -0.1) is 0 Å². The molecule has 0 spiro atoms. The number of nitrogens with one attached hydrogen (secondary N) is 1. The Hall–Kier alpha value is -2.44. The zero-order chi connectivity index (χ0) is 16.9. The Kier molecular flexibility index (Phi) is 3.33. The molecule has 5 nitrogen and oxygen atoms in total. The Balaban J connectivity index is 1.40. The van der Waals surface area contributed by atoms with Crippen molar-refractivity contribution in [1.82, 2.24) is 9.97 Å². The second-order valence-electron chi connectivity index (χ2n) is 6.40. The van der Waals surface area contributed by atoms with E-state index in [9.17, 15) is 13.6 Å². The van der Waals surface area contributed by atoms with Crippen LogP contribution in [0.3, 0.4) is 0 Å². The number of aromatic nitrogens is 2. The second kappa shape index (κ2) is 5.29. The third-order valence-corrected chi connectivity index (χ3v) is 4.89. The number of fused-ring (bicyclic) bond motifs is 1. The van der Waals surface area contributed by atoms with E-state index in [-0.39, 0.29) is 5.97 Å². The number of ether oxygens (including phenoxy) is 1. The molecule has 2 aromatic heterocycles. The number of carbonyl (C=O) groups is 1. The maximum atomic E-state index is 13.2. The molecule has 4 rings (SSSR count). The molecule has 2 aliphatic rings. The summed E-state index contributed by atoms with van der Waals surface area (Å²) >= 11 is 0. The Morgan fingerprint density at radius 1 is 1.42 bits per heavy atom. The van der Waals surface area contributed by atoms with E-state index < -0.39 is 17.8 Å². The molecule has 0 aromatic carbocycles. The lowest BCUT2D eigenvalue weighted by Crippen LogP contribution is -2.27. The molecule has 3 heterocycles. The van der Waals surface area contributed by atoms with Gasteiger partial charge in [-0.25, -0.2) is 18.6 Å². The van der Waals surface area contributed by atoms with Crippen LogP contribution < -0.4 is 4.90 Å². The largest absolute Gasteiger partial charge is 0.465 e. The van der Waals surface area contributed by atoms with Gasteiger partial charge in [-0.05, 0) is 17.7 Å². The van der Waals surface area contributed by atoms with Crippen LogP contribution in [0, 0.1) is 11.8 Å². The van der Waals surface area contributed by atoms with Gasteiger partial charge in [-0.2, -0.15) is 0 Å². The lowest BCUT2D eigenvalue weighted by Gasteiger charge is -2.20. The molecule has 1 N–H and O–H groups in total. The van der Waals surface area contributed by atoms with Crippen molar-refractivity contribution in [2.75, 3.05) is 25.1 Å². The van der Waals surface area contributed by atoms with Gasteiger partial charge in [0.15, 0.2) is 0 Å². The van der Waals surface area contributed by atoms with Crippen LogP contribution in [0.25, 0.3) is 0 Å². The molecule has 2 aromatic rings. The molecule has 2 unspecified atom stereocenters. The molecule has 2 atom stereocenters. The highest BCUT2D eigenvalue weighted by Crippen LogP contribution is 2.59. The van der Waals surface area contributed by atoms with Gasteiger partial charge >= 0.3 is 5.97 Å². The van der Waals surface area contributed by atoms with Crippen LogP contribution in [0.4, 0.5) is 14.6 Å². The molecule has 126 valence electrons. The molecule has 1 aliphatic carbocycles. The average molecular weight is 333 g/mol. The minimum absolute atomic E-state index is 0.378. The summed E-state index contributed by atoms with van der Waals surface area (Å²) in [6.45, 7) is 0.756. The van der Waals surface area contributed by atoms with Gasteiger partial charge in [0.25, 0.3) is 5.92 Å². The minimum atomic E-state index is -2.47. The fraction of sp³-hybridized carbons (Fsp3) is 0.412. The van der Waals surface area contributed by atoms with Crippen LogP contribution >= 0.6 is 0 Å². The number of hydrogen-bond acceptors (Lipinski definition) is 4. The van der Waals surface area contributed by atoms with Gasteiger partial charge in [0.05, 0.1) is 24.5 Å². The number of halogens is 2. The molecular weight excluding hydrogens is 316 g/mol. The van der Waals surface area contributed by atoms with Crippen LogP contribution in [0.15, 0.2) is 30.6 Å². The Labute approximate surface area is 137 Å². The molecule has 24 heavy (non-hydrogen) atoms. The number of methoxy groups -OCH3 is 1. The highest BCUT2D eigenvalue weighted by Gasteiger charge is 2.71. The van der Waals surface area contributed by atoms with Crippen molar-refractivity contribution in [1.29, 1.82) is 0 Å². The summed E-state index contributed by atoms with van der Waals surface area (Å²) in [7, 11) is 1.34. The fourth-order valence-electron chi connectivity index (χ4n) is 3.40. The number of rotatable bonds is 4. The molecule has 7 heteroatoms. The van der Waals surface area contributed by atoms with Crippen LogP contribution in [0.5, 0.6) is 0 Å². The summed E-state index contributed by atoms with van der Waals surface area (Å²) in [5.41, 5.74) is 2.34. The Morgan fingerprint density at radius 3 is 2.79 bits per heavy atom. The summed E-state index contributed by atoms with van der Waals surface area (Å²) in [6.07, 6.45) is 3.96. The lowest BCUT2D eigenvalue weighted by molar-refractivity contribution is 0.0600. The number of pyridine rings is 1. The fourth-order valence-corrected chi connectivity index (χ4v) is 3.40. The maximum absolute atomic E-state index is 13.2. The first kappa shape index (κ1) is 15.1. The molecule has 0 bridgehead atoms.